The topological polar surface area (TPSA) is 53.4 Å². The molecule has 0 saturated heterocycles. The maximum atomic E-state index is 13.3. The Bertz CT molecular complexity index is 673. The zero-order chi connectivity index (χ0) is 14.1. The minimum atomic E-state index is -1.04. The number of halogens is 1. The minimum absolute atomic E-state index is 0.0289. The molecular formula is C15H13FN2O2. The number of carboxylic acids is 1. The Morgan fingerprint density at radius 3 is 3.00 bits per heavy atom. The third-order valence-electron chi connectivity index (χ3n) is 3.42. The van der Waals surface area contributed by atoms with E-state index in [1.165, 1.54) is 18.2 Å². The van der Waals surface area contributed by atoms with Crippen LogP contribution in [-0.2, 0) is 13.0 Å². The van der Waals surface area contributed by atoms with E-state index in [2.05, 4.69) is 4.98 Å². The van der Waals surface area contributed by atoms with Gasteiger partial charge in [0.15, 0.2) is 0 Å². The standard InChI is InChI=1S/C15H13FN2O2/c16-11-5-4-10-6-7-18(14(10)8-11)9-12-2-1-3-13(17-12)15(19)20/h1-5,8H,6-7,9H2,(H,19,20). The zero-order valence-corrected chi connectivity index (χ0v) is 10.7. The molecule has 2 aromatic rings. The number of carbonyl (C=O) groups is 1. The highest BCUT2D eigenvalue weighted by molar-refractivity contribution is 5.85. The molecule has 1 aliphatic heterocycles. The number of anilines is 1. The first-order valence-corrected chi connectivity index (χ1v) is 6.36. The van der Waals surface area contributed by atoms with Gasteiger partial charge in [-0.1, -0.05) is 12.1 Å². The van der Waals surface area contributed by atoms with E-state index >= 15 is 0 Å². The van der Waals surface area contributed by atoms with E-state index in [1.807, 2.05) is 4.90 Å². The summed E-state index contributed by atoms with van der Waals surface area (Å²) in [5.74, 6) is -1.30. The fourth-order valence-electron chi connectivity index (χ4n) is 2.47. The van der Waals surface area contributed by atoms with Crippen LogP contribution in [-0.4, -0.2) is 22.6 Å². The molecule has 1 aromatic heterocycles. The number of fused-ring (bicyclic) bond motifs is 1. The molecule has 0 aliphatic carbocycles. The highest BCUT2D eigenvalue weighted by atomic mass is 19.1. The Kier molecular flexibility index (Phi) is 3.10. The average molecular weight is 272 g/mol. The van der Waals surface area contributed by atoms with Gasteiger partial charge in [0, 0.05) is 12.2 Å². The number of benzene rings is 1. The van der Waals surface area contributed by atoms with Gasteiger partial charge < -0.3 is 10.0 Å². The van der Waals surface area contributed by atoms with Crippen molar-refractivity contribution in [3.8, 4) is 0 Å². The molecule has 0 radical (unpaired) electrons. The highest BCUT2D eigenvalue weighted by Gasteiger charge is 2.20. The lowest BCUT2D eigenvalue weighted by Crippen LogP contribution is -2.21. The molecule has 3 rings (SSSR count). The Hall–Kier alpha value is -2.43. The SMILES string of the molecule is O=C(O)c1cccc(CN2CCc3ccc(F)cc32)n1. The first-order valence-electron chi connectivity index (χ1n) is 6.36. The molecule has 5 heteroatoms. The third kappa shape index (κ3) is 2.34. The Labute approximate surface area is 115 Å². The fraction of sp³-hybridized carbons (Fsp3) is 0.200. The number of pyridine rings is 1. The molecular weight excluding hydrogens is 259 g/mol. The summed E-state index contributed by atoms with van der Waals surface area (Å²) in [7, 11) is 0. The van der Waals surface area contributed by atoms with Crippen LogP contribution in [0.1, 0.15) is 21.7 Å². The van der Waals surface area contributed by atoms with Crippen LogP contribution < -0.4 is 4.90 Å². The van der Waals surface area contributed by atoms with Gasteiger partial charge in [-0.25, -0.2) is 14.2 Å². The molecule has 20 heavy (non-hydrogen) atoms. The first-order chi connectivity index (χ1) is 9.63. The van der Waals surface area contributed by atoms with Gasteiger partial charge in [0.25, 0.3) is 0 Å². The van der Waals surface area contributed by atoms with Crippen LogP contribution >= 0.6 is 0 Å². The third-order valence-corrected chi connectivity index (χ3v) is 3.42. The van der Waals surface area contributed by atoms with E-state index < -0.39 is 5.97 Å². The molecule has 4 nitrogen and oxygen atoms in total. The molecule has 0 fully saturated rings. The van der Waals surface area contributed by atoms with Gasteiger partial charge in [0.1, 0.15) is 11.5 Å². The van der Waals surface area contributed by atoms with Gasteiger partial charge in [0.05, 0.1) is 12.2 Å². The average Bonchev–Trinajstić information content (AvgIpc) is 2.82. The first kappa shape index (κ1) is 12.6. The molecule has 102 valence electrons. The van der Waals surface area contributed by atoms with Gasteiger partial charge in [-0.3, -0.25) is 0 Å². The van der Waals surface area contributed by atoms with Crippen LogP contribution in [0.5, 0.6) is 0 Å². The maximum absolute atomic E-state index is 13.3. The number of aromatic carboxylic acids is 1. The summed E-state index contributed by atoms with van der Waals surface area (Å²) in [5.41, 5.74) is 2.68. The van der Waals surface area contributed by atoms with Crippen LogP contribution in [0.15, 0.2) is 36.4 Å². The van der Waals surface area contributed by atoms with Crippen molar-refractivity contribution < 1.29 is 14.3 Å². The zero-order valence-electron chi connectivity index (χ0n) is 10.7. The smallest absolute Gasteiger partial charge is 0.354 e. The normalized spacial score (nSPS) is 13.3. The lowest BCUT2D eigenvalue weighted by atomic mass is 10.2. The van der Waals surface area contributed by atoms with Crippen molar-refractivity contribution in [3.63, 3.8) is 0 Å². The molecule has 0 unspecified atom stereocenters. The molecule has 0 saturated carbocycles. The van der Waals surface area contributed by atoms with Gasteiger partial charge >= 0.3 is 5.97 Å². The van der Waals surface area contributed by atoms with Gasteiger partial charge in [0.2, 0.25) is 0 Å². The molecule has 0 spiro atoms. The van der Waals surface area contributed by atoms with Crippen molar-refractivity contribution in [2.24, 2.45) is 0 Å². The molecule has 2 heterocycles. The summed E-state index contributed by atoms with van der Waals surface area (Å²) in [6, 6.07) is 9.70. The molecule has 1 N–H and O–H groups in total. The number of rotatable bonds is 3. The van der Waals surface area contributed by atoms with Crippen LogP contribution in [0.4, 0.5) is 10.1 Å². The Balaban J connectivity index is 1.85. The highest BCUT2D eigenvalue weighted by Crippen LogP contribution is 2.29. The van der Waals surface area contributed by atoms with E-state index in [4.69, 9.17) is 5.11 Å². The van der Waals surface area contributed by atoms with E-state index in [1.54, 1.807) is 18.2 Å². The predicted octanol–water partition coefficient (Wildman–Crippen LogP) is 2.48. The number of aromatic nitrogens is 1. The van der Waals surface area contributed by atoms with Crippen LogP contribution in [0.3, 0.4) is 0 Å². The summed E-state index contributed by atoms with van der Waals surface area (Å²) in [6.07, 6.45) is 0.869. The predicted molar refractivity (Wildman–Crippen MR) is 72.4 cm³/mol. The summed E-state index contributed by atoms with van der Waals surface area (Å²) < 4.78 is 13.3. The summed E-state index contributed by atoms with van der Waals surface area (Å²) in [5, 5.41) is 8.94. The molecule has 0 amide bonds. The largest absolute Gasteiger partial charge is 0.477 e. The summed E-state index contributed by atoms with van der Waals surface area (Å²) in [4.78, 5) is 17.0. The lowest BCUT2D eigenvalue weighted by Gasteiger charge is -2.19. The summed E-state index contributed by atoms with van der Waals surface area (Å²) >= 11 is 0. The lowest BCUT2D eigenvalue weighted by molar-refractivity contribution is 0.0690. The van der Waals surface area contributed by atoms with Gasteiger partial charge in [-0.15, -0.1) is 0 Å². The fourth-order valence-corrected chi connectivity index (χ4v) is 2.47. The number of nitrogens with zero attached hydrogens (tertiary/aromatic N) is 2. The van der Waals surface area contributed by atoms with Crippen molar-refractivity contribution in [1.82, 2.24) is 4.98 Å². The Morgan fingerprint density at radius 1 is 1.35 bits per heavy atom. The van der Waals surface area contributed by atoms with E-state index in [0.717, 1.165) is 24.2 Å². The second-order valence-corrected chi connectivity index (χ2v) is 4.76. The van der Waals surface area contributed by atoms with Gasteiger partial charge in [-0.2, -0.15) is 0 Å². The monoisotopic (exact) mass is 272 g/mol. The molecule has 1 aliphatic rings. The number of hydrogen-bond acceptors (Lipinski definition) is 3. The van der Waals surface area contributed by atoms with E-state index in [9.17, 15) is 9.18 Å². The second-order valence-electron chi connectivity index (χ2n) is 4.76. The van der Waals surface area contributed by atoms with E-state index in [0.29, 0.717) is 12.2 Å². The molecule has 0 atom stereocenters. The molecule has 0 bridgehead atoms. The second kappa shape index (κ2) is 4.92. The van der Waals surface area contributed by atoms with Crippen molar-refractivity contribution in [1.29, 1.82) is 0 Å². The van der Waals surface area contributed by atoms with Crippen LogP contribution in [0.25, 0.3) is 0 Å². The van der Waals surface area contributed by atoms with Crippen molar-refractivity contribution in [2.45, 2.75) is 13.0 Å². The maximum Gasteiger partial charge on any atom is 0.354 e. The van der Waals surface area contributed by atoms with Crippen molar-refractivity contribution in [3.05, 3.63) is 59.2 Å². The van der Waals surface area contributed by atoms with Crippen LogP contribution in [0.2, 0.25) is 0 Å². The minimum Gasteiger partial charge on any atom is -0.477 e. The van der Waals surface area contributed by atoms with Crippen LogP contribution in [0, 0.1) is 5.82 Å². The number of carboxylic acid groups (broad SMARTS) is 1. The van der Waals surface area contributed by atoms with E-state index in [-0.39, 0.29) is 11.5 Å². The quantitative estimate of drug-likeness (QED) is 0.932. The van der Waals surface area contributed by atoms with Crippen molar-refractivity contribution >= 4 is 11.7 Å². The summed E-state index contributed by atoms with van der Waals surface area (Å²) in [6.45, 7) is 1.27. The van der Waals surface area contributed by atoms with Gasteiger partial charge in [-0.05, 0) is 36.2 Å². The number of hydrogen-bond donors (Lipinski definition) is 1. The Morgan fingerprint density at radius 2 is 2.20 bits per heavy atom. The molecule has 1 aromatic carbocycles. The van der Waals surface area contributed by atoms with Crippen molar-refractivity contribution in [2.75, 3.05) is 11.4 Å².